The summed E-state index contributed by atoms with van der Waals surface area (Å²) in [6.07, 6.45) is 1.06. The fraction of sp³-hybridized carbons (Fsp3) is 0.0909. The average molecular weight is 439 g/mol. The van der Waals surface area contributed by atoms with Crippen LogP contribution < -0.4 is 20.7 Å². The number of hydrogen-bond donors (Lipinski definition) is 4. The van der Waals surface area contributed by atoms with E-state index in [0.717, 1.165) is 11.8 Å². The van der Waals surface area contributed by atoms with Crippen molar-refractivity contribution in [2.45, 2.75) is 6.92 Å². The number of amides is 3. The van der Waals surface area contributed by atoms with Crippen LogP contribution in [0.25, 0.3) is 0 Å². The molecular weight excluding hydrogens is 416 g/mol. The van der Waals surface area contributed by atoms with Crippen molar-refractivity contribution in [2.75, 3.05) is 26.9 Å². The zero-order valence-corrected chi connectivity index (χ0v) is 17.8. The van der Waals surface area contributed by atoms with Crippen LogP contribution in [0.4, 0.5) is 27.5 Å². The number of aryl methyl sites for hydroxylation is 1. The third-order valence-corrected chi connectivity index (χ3v) is 4.82. The summed E-state index contributed by atoms with van der Waals surface area (Å²) in [4.78, 5) is 24.6. The van der Waals surface area contributed by atoms with Crippen LogP contribution in [-0.2, 0) is 10.0 Å². The van der Waals surface area contributed by atoms with Crippen LogP contribution in [-0.4, -0.2) is 26.6 Å². The first-order valence-corrected chi connectivity index (χ1v) is 11.2. The Bertz CT molecular complexity index is 1190. The van der Waals surface area contributed by atoms with Crippen LogP contribution in [0, 0.1) is 6.92 Å². The average Bonchev–Trinajstić information content (AvgIpc) is 2.70. The van der Waals surface area contributed by atoms with Crippen molar-refractivity contribution in [1.82, 2.24) is 0 Å². The van der Waals surface area contributed by atoms with Gasteiger partial charge in [0.05, 0.1) is 11.9 Å². The third kappa shape index (κ3) is 6.58. The second kappa shape index (κ2) is 9.31. The minimum atomic E-state index is -3.43. The maximum Gasteiger partial charge on any atom is 0.323 e. The SMILES string of the molecule is Cc1ccc(NC(=O)c2ccc(NC(=O)Nc3ccccc3)cc2)cc1NS(C)(=O)=O. The Kier molecular flexibility index (Phi) is 6.56. The molecule has 0 heterocycles. The molecule has 0 unspecified atom stereocenters. The molecule has 3 rings (SSSR count). The maximum atomic E-state index is 12.5. The molecule has 3 amide bonds. The molecule has 0 spiro atoms. The molecule has 9 heteroatoms. The number of rotatable bonds is 6. The highest BCUT2D eigenvalue weighted by atomic mass is 32.2. The molecule has 4 N–H and O–H groups in total. The van der Waals surface area contributed by atoms with Gasteiger partial charge >= 0.3 is 6.03 Å². The monoisotopic (exact) mass is 438 g/mol. The number of anilines is 4. The van der Waals surface area contributed by atoms with Crippen molar-refractivity contribution >= 4 is 44.7 Å². The Morgan fingerprint density at radius 2 is 1.32 bits per heavy atom. The van der Waals surface area contributed by atoms with Crippen molar-refractivity contribution in [3.05, 3.63) is 83.9 Å². The van der Waals surface area contributed by atoms with E-state index in [1.54, 1.807) is 61.5 Å². The molecular formula is C22H22N4O4S. The second-order valence-electron chi connectivity index (χ2n) is 6.88. The Hall–Kier alpha value is -3.85. The van der Waals surface area contributed by atoms with E-state index < -0.39 is 16.1 Å². The smallest absolute Gasteiger partial charge is 0.322 e. The van der Waals surface area contributed by atoms with Gasteiger partial charge in [-0.3, -0.25) is 9.52 Å². The second-order valence-corrected chi connectivity index (χ2v) is 8.63. The standard InChI is InChI=1S/C22H22N4O4S/c1-15-8-11-19(14-20(15)26-31(2,29)30)23-21(27)16-9-12-18(13-10-16)25-22(28)24-17-6-4-3-5-7-17/h3-14,26H,1-2H3,(H,23,27)(H2,24,25,28). The molecule has 0 aromatic heterocycles. The van der Waals surface area contributed by atoms with Crippen LogP contribution in [0.15, 0.2) is 72.8 Å². The molecule has 0 atom stereocenters. The van der Waals surface area contributed by atoms with Gasteiger partial charge in [0.15, 0.2) is 0 Å². The van der Waals surface area contributed by atoms with E-state index in [4.69, 9.17) is 0 Å². The van der Waals surface area contributed by atoms with Crippen molar-refractivity contribution in [1.29, 1.82) is 0 Å². The molecule has 0 saturated heterocycles. The van der Waals surface area contributed by atoms with E-state index in [0.29, 0.717) is 28.3 Å². The Labute approximate surface area is 180 Å². The number of hydrogen-bond acceptors (Lipinski definition) is 4. The van der Waals surface area contributed by atoms with E-state index in [1.165, 1.54) is 0 Å². The van der Waals surface area contributed by atoms with Gasteiger partial charge < -0.3 is 16.0 Å². The topological polar surface area (TPSA) is 116 Å². The molecule has 0 bridgehead atoms. The van der Waals surface area contributed by atoms with Crippen LogP contribution in [0.5, 0.6) is 0 Å². The van der Waals surface area contributed by atoms with Crippen molar-refractivity contribution in [3.63, 3.8) is 0 Å². The molecule has 160 valence electrons. The third-order valence-electron chi connectivity index (χ3n) is 4.23. The zero-order chi connectivity index (χ0) is 22.4. The molecule has 0 aliphatic heterocycles. The molecule has 0 fully saturated rings. The summed E-state index contributed by atoms with van der Waals surface area (Å²) in [5, 5.41) is 8.13. The van der Waals surface area contributed by atoms with Crippen LogP contribution in [0.1, 0.15) is 15.9 Å². The summed E-state index contributed by atoms with van der Waals surface area (Å²) in [5.41, 5.74) is 3.15. The number of sulfonamides is 1. The van der Waals surface area contributed by atoms with Gasteiger partial charge in [0, 0.05) is 22.6 Å². The molecule has 8 nitrogen and oxygen atoms in total. The van der Waals surface area contributed by atoms with E-state index in [-0.39, 0.29) is 5.91 Å². The molecule has 0 aliphatic carbocycles. The molecule has 0 aliphatic rings. The van der Waals surface area contributed by atoms with E-state index in [1.807, 2.05) is 18.2 Å². The highest BCUT2D eigenvalue weighted by Crippen LogP contribution is 2.22. The first-order chi connectivity index (χ1) is 14.7. The van der Waals surface area contributed by atoms with E-state index in [9.17, 15) is 18.0 Å². The molecule has 0 saturated carbocycles. The highest BCUT2D eigenvalue weighted by Gasteiger charge is 2.10. The summed E-state index contributed by atoms with van der Waals surface area (Å²) < 4.78 is 25.4. The molecule has 0 radical (unpaired) electrons. The van der Waals surface area contributed by atoms with Gasteiger partial charge in [0.25, 0.3) is 5.91 Å². The van der Waals surface area contributed by atoms with E-state index >= 15 is 0 Å². The Morgan fingerprint density at radius 1 is 0.742 bits per heavy atom. The van der Waals surface area contributed by atoms with Crippen molar-refractivity contribution < 1.29 is 18.0 Å². The number of carbonyl (C=O) groups excluding carboxylic acids is 2. The summed E-state index contributed by atoms with van der Waals surface area (Å²) in [6.45, 7) is 1.76. The van der Waals surface area contributed by atoms with Crippen LogP contribution in [0.3, 0.4) is 0 Å². The van der Waals surface area contributed by atoms with Gasteiger partial charge in [-0.15, -0.1) is 0 Å². The number of carbonyl (C=O) groups is 2. The lowest BCUT2D eigenvalue weighted by atomic mass is 10.1. The highest BCUT2D eigenvalue weighted by molar-refractivity contribution is 7.92. The molecule has 31 heavy (non-hydrogen) atoms. The van der Waals surface area contributed by atoms with Gasteiger partial charge in [0.2, 0.25) is 10.0 Å². The maximum absolute atomic E-state index is 12.5. The van der Waals surface area contributed by atoms with Crippen LogP contribution >= 0.6 is 0 Å². The Balaban J connectivity index is 1.63. The van der Waals surface area contributed by atoms with Gasteiger partial charge in [-0.1, -0.05) is 24.3 Å². The molecule has 3 aromatic rings. The lowest BCUT2D eigenvalue weighted by Crippen LogP contribution is -2.19. The largest absolute Gasteiger partial charge is 0.323 e. The van der Waals surface area contributed by atoms with Gasteiger partial charge in [-0.2, -0.15) is 0 Å². The predicted octanol–water partition coefficient (Wildman–Crippen LogP) is 4.26. The lowest BCUT2D eigenvalue weighted by Gasteiger charge is -2.12. The normalized spacial score (nSPS) is 10.8. The predicted molar refractivity (Wildman–Crippen MR) is 123 cm³/mol. The quantitative estimate of drug-likeness (QED) is 0.460. The molecule has 3 aromatic carbocycles. The van der Waals surface area contributed by atoms with Crippen molar-refractivity contribution in [3.8, 4) is 0 Å². The van der Waals surface area contributed by atoms with Crippen LogP contribution in [0.2, 0.25) is 0 Å². The Morgan fingerprint density at radius 3 is 1.94 bits per heavy atom. The minimum absolute atomic E-state index is 0.366. The zero-order valence-electron chi connectivity index (χ0n) is 17.0. The fourth-order valence-corrected chi connectivity index (χ4v) is 3.35. The summed E-state index contributed by atoms with van der Waals surface area (Å²) >= 11 is 0. The number of para-hydroxylation sites is 1. The van der Waals surface area contributed by atoms with Gasteiger partial charge in [0.1, 0.15) is 0 Å². The summed E-state index contributed by atoms with van der Waals surface area (Å²) in [5.74, 6) is -0.366. The number of nitrogens with one attached hydrogen (secondary N) is 4. The number of urea groups is 1. The fourth-order valence-electron chi connectivity index (χ4n) is 2.73. The lowest BCUT2D eigenvalue weighted by molar-refractivity contribution is 0.102. The summed E-state index contributed by atoms with van der Waals surface area (Å²) in [7, 11) is -3.43. The first kappa shape index (κ1) is 21.8. The van der Waals surface area contributed by atoms with E-state index in [2.05, 4.69) is 20.7 Å². The first-order valence-electron chi connectivity index (χ1n) is 9.32. The van der Waals surface area contributed by atoms with Crippen molar-refractivity contribution in [2.24, 2.45) is 0 Å². The summed E-state index contributed by atoms with van der Waals surface area (Å²) in [6, 6.07) is 20.0. The van der Waals surface area contributed by atoms with Gasteiger partial charge in [-0.05, 0) is 61.0 Å². The minimum Gasteiger partial charge on any atom is -0.322 e. The number of benzene rings is 3. The van der Waals surface area contributed by atoms with Gasteiger partial charge in [-0.25, -0.2) is 13.2 Å².